The second kappa shape index (κ2) is 6.33. The maximum atomic E-state index is 11.5. The van der Waals surface area contributed by atoms with Crippen molar-refractivity contribution in [3.63, 3.8) is 0 Å². The number of non-ortho nitro benzene ring substituents is 1. The second-order valence-electron chi connectivity index (χ2n) is 7.48. The van der Waals surface area contributed by atoms with E-state index in [9.17, 15) is 10.1 Å². The number of ether oxygens (including phenoxy) is 1. The smallest absolute Gasteiger partial charge is 0.269 e. The van der Waals surface area contributed by atoms with Crippen LogP contribution in [-0.2, 0) is 0 Å². The Morgan fingerprint density at radius 2 is 1.97 bits per heavy atom. The minimum atomic E-state index is -0.384. The average Bonchev–Trinajstić information content (AvgIpc) is 3.18. The zero-order valence-corrected chi connectivity index (χ0v) is 16.4. The Morgan fingerprint density at radius 3 is 2.84 bits per heavy atom. The van der Waals surface area contributed by atoms with Crippen LogP contribution in [0.3, 0.4) is 0 Å². The van der Waals surface area contributed by atoms with Crippen LogP contribution in [0.4, 0.5) is 5.69 Å². The monoisotopic (exact) mass is 409 g/mol. The molecule has 8 heteroatoms. The van der Waals surface area contributed by atoms with Crippen LogP contribution in [0, 0.1) is 17.0 Å². The quantitative estimate of drug-likeness (QED) is 0.302. The van der Waals surface area contributed by atoms with Gasteiger partial charge in [-0.3, -0.25) is 10.1 Å². The number of nitro benzene ring substituents is 1. The van der Waals surface area contributed by atoms with Crippen LogP contribution < -0.4 is 4.74 Å². The summed E-state index contributed by atoms with van der Waals surface area (Å²) in [7, 11) is 0. The van der Waals surface area contributed by atoms with Crippen LogP contribution in [0.2, 0.25) is 0 Å². The molecule has 150 valence electrons. The first kappa shape index (κ1) is 17.5. The van der Waals surface area contributed by atoms with E-state index in [1.165, 1.54) is 6.07 Å². The van der Waals surface area contributed by atoms with Crippen LogP contribution in [0.15, 0.2) is 67.0 Å². The van der Waals surface area contributed by atoms with E-state index in [4.69, 9.17) is 4.74 Å². The Labute approximate surface area is 175 Å². The van der Waals surface area contributed by atoms with Gasteiger partial charge in [0.1, 0.15) is 17.9 Å². The molecule has 0 saturated heterocycles. The topological polar surface area (TPSA) is 95.5 Å². The molecule has 1 aliphatic rings. The molecule has 1 aliphatic heterocycles. The van der Waals surface area contributed by atoms with Gasteiger partial charge < -0.3 is 4.74 Å². The number of benzene rings is 3. The normalized spacial score (nSPS) is 14.8. The Morgan fingerprint density at radius 1 is 1.10 bits per heavy atom. The van der Waals surface area contributed by atoms with Gasteiger partial charge in [0.05, 0.1) is 10.5 Å². The van der Waals surface area contributed by atoms with E-state index in [-0.39, 0.29) is 16.5 Å². The number of hydrogen-bond donors (Lipinski definition) is 0. The molecule has 0 bridgehead atoms. The maximum Gasteiger partial charge on any atom is 0.269 e. The van der Waals surface area contributed by atoms with E-state index >= 15 is 0 Å². The number of aryl methyl sites for hydroxylation is 1. The van der Waals surface area contributed by atoms with Crippen molar-refractivity contribution in [2.45, 2.75) is 12.8 Å². The predicted octanol–water partition coefficient (Wildman–Crippen LogP) is 4.78. The van der Waals surface area contributed by atoms with E-state index in [0.717, 1.165) is 27.5 Å². The number of aromatic nitrogens is 4. The van der Waals surface area contributed by atoms with Crippen molar-refractivity contribution in [1.82, 2.24) is 19.6 Å². The van der Waals surface area contributed by atoms with Crippen molar-refractivity contribution in [3.8, 4) is 11.6 Å². The summed E-state index contributed by atoms with van der Waals surface area (Å²) in [6.45, 7) is 1.81. The first-order valence-corrected chi connectivity index (χ1v) is 9.76. The van der Waals surface area contributed by atoms with Crippen LogP contribution in [0.5, 0.6) is 11.6 Å². The number of hydrogen-bond acceptors (Lipinski definition) is 6. The molecule has 8 nitrogen and oxygen atoms in total. The number of nitrogens with zero attached hydrogens (tertiary/aromatic N) is 5. The summed E-state index contributed by atoms with van der Waals surface area (Å²) < 4.78 is 7.93. The highest BCUT2D eigenvalue weighted by molar-refractivity contribution is 5.91. The fourth-order valence-electron chi connectivity index (χ4n) is 4.32. The van der Waals surface area contributed by atoms with Gasteiger partial charge in [0, 0.05) is 29.0 Å². The fourth-order valence-corrected chi connectivity index (χ4v) is 4.32. The maximum absolute atomic E-state index is 11.5. The molecule has 0 amide bonds. The largest absolute Gasteiger partial charge is 0.438 e. The van der Waals surface area contributed by atoms with E-state index in [2.05, 4.69) is 15.1 Å². The lowest BCUT2D eigenvalue weighted by Crippen LogP contribution is -2.15. The molecule has 1 unspecified atom stereocenters. The Kier molecular flexibility index (Phi) is 3.58. The molecule has 0 N–H and O–H groups in total. The molecule has 0 fully saturated rings. The molecule has 5 aromatic rings. The Bertz CT molecular complexity index is 1530. The van der Waals surface area contributed by atoms with Gasteiger partial charge in [-0.05, 0) is 17.9 Å². The van der Waals surface area contributed by atoms with Crippen LogP contribution in [0.1, 0.15) is 28.4 Å². The molecule has 6 rings (SSSR count). The fraction of sp³-hybridized carbons (Fsp3) is 0.0870. The molecular formula is C23H15N5O3. The van der Waals surface area contributed by atoms with Crippen molar-refractivity contribution in [2.75, 3.05) is 0 Å². The van der Waals surface area contributed by atoms with E-state index in [1.807, 2.05) is 49.4 Å². The molecule has 0 aliphatic carbocycles. The lowest BCUT2D eigenvalue weighted by Gasteiger charge is -2.28. The summed E-state index contributed by atoms with van der Waals surface area (Å²) in [4.78, 5) is 20.2. The van der Waals surface area contributed by atoms with Gasteiger partial charge in [0.25, 0.3) is 5.69 Å². The highest BCUT2D eigenvalue weighted by Gasteiger charge is 2.34. The van der Waals surface area contributed by atoms with Gasteiger partial charge in [-0.15, -0.1) is 0 Å². The minimum Gasteiger partial charge on any atom is -0.438 e. The molecule has 3 heterocycles. The van der Waals surface area contributed by atoms with Crippen LogP contribution in [0.25, 0.3) is 16.4 Å². The summed E-state index contributed by atoms with van der Waals surface area (Å²) in [5, 5.41) is 17.8. The molecular weight excluding hydrogens is 394 g/mol. The molecule has 1 atom stereocenters. The molecule has 0 spiro atoms. The third-order valence-corrected chi connectivity index (χ3v) is 5.62. The summed E-state index contributed by atoms with van der Waals surface area (Å²) in [6, 6.07) is 18.7. The molecule has 3 aromatic carbocycles. The zero-order chi connectivity index (χ0) is 21.1. The van der Waals surface area contributed by atoms with E-state index in [1.54, 1.807) is 23.0 Å². The molecule has 0 radical (unpaired) electrons. The summed E-state index contributed by atoms with van der Waals surface area (Å²) in [5.74, 6) is 1.40. The van der Waals surface area contributed by atoms with Crippen molar-refractivity contribution >= 4 is 22.1 Å². The predicted molar refractivity (Wildman–Crippen MR) is 114 cm³/mol. The van der Waals surface area contributed by atoms with Crippen LogP contribution >= 0.6 is 0 Å². The summed E-state index contributed by atoms with van der Waals surface area (Å²) in [6.07, 6.45) is 1.58. The molecule has 31 heavy (non-hydrogen) atoms. The summed E-state index contributed by atoms with van der Waals surface area (Å²) >= 11 is 0. The number of nitro groups is 1. The van der Waals surface area contributed by atoms with Gasteiger partial charge >= 0.3 is 0 Å². The average molecular weight is 409 g/mol. The number of rotatable bonds is 2. The van der Waals surface area contributed by atoms with Crippen molar-refractivity contribution in [3.05, 3.63) is 99.6 Å². The Balaban J connectivity index is 1.71. The number of fused-ring (bicyclic) bond motifs is 6. The third-order valence-electron chi connectivity index (χ3n) is 5.62. The highest BCUT2D eigenvalue weighted by atomic mass is 16.6. The zero-order valence-electron chi connectivity index (χ0n) is 16.4. The van der Waals surface area contributed by atoms with Gasteiger partial charge in [-0.25, -0.2) is 14.5 Å². The lowest BCUT2D eigenvalue weighted by atomic mass is 9.82. The molecule has 0 saturated carbocycles. The standard InChI is InChI=1S/C23H15N5O3/c1-13-25-22-20-19(15-6-4-7-16(11-15)28(29)30)18-10-9-14-5-2-3-8-17(14)21(18)31-23(20)24-12-27(22)26-13/h2-12,19H,1H3. The lowest BCUT2D eigenvalue weighted by molar-refractivity contribution is -0.384. The first-order valence-electron chi connectivity index (χ1n) is 9.76. The van der Waals surface area contributed by atoms with Gasteiger partial charge in [0.2, 0.25) is 5.88 Å². The van der Waals surface area contributed by atoms with E-state index < -0.39 is 0 Å². The highest BCUT2D eigenvalue weighted by Crippen LogP contribution is 2.50. The minimum absolute atomic E-state index is 0.0328. The Hall–Kier alpha value is -4.33. The first-order chi connectivity index (χ1) is 15.1. The third kappa shape index (κ3) is 2.58. The van der Waals surface area contributed by atoms with E-state index in [0.29, 0.717) is 23.1 Å². The SMILES string of the molecule is Cc1nc2c3c(ncn2n1)Oc1c(ccc2ccccc12)C3c1cccc([N+](=O)[O-])c1. The van der Waals surface area contributed by atoms with Crippen molar-refractivity contribution in [2.24, 2.45) is 0 Å². The van der Waals surface area contributed by atoms with Crippen molar-refractivity contribution < 1.29 is 9.66 Å². The molecule has 2 aromatic heterocycles. The second-order valence-corrected chi connectivity index (χ2v) is 7.48. The summed E-state index contributed by atoms with van der Waals surface area (Å²) in [5.41, 5.74) is 3.07. The van der Waals surface area contributed by atoms with Gasteiger partial charge in [-0.1, -0.05) is 48.5 Å². The van der Waals surface area contributed by atoms with Crippen molar-refractivity contribution in [1.29, 1.82) is 0 Å². The van der Waals surface area contributed by atoms with Gasteiger partial charge in [0.15, 0.2) is 5.65 Å². The van der Waals surface area contributed by atoms with Crippen LogP contribution in [-0.4, -0.2) is 24.5 Å². The van der Waals surface area contributed by atoms with Gasteiger partial charge in [-0.2, -0.15) is 5.10 Å².